The van der Waals surface area contributed by atoms with Gasteiger partial charge in [0.25, 0.3) is 0 Å². The minimum atomic E-state index is -0.806. The third-order valence-electron chi connectivity index (χ3n) is 7.23. The Morgan fingerprint density at radius 2 is 0.978 bits per heavy atom. The van der Waals surface area contributed by atoms with E-state index in [9.17, 15) is 14.7 Å². The molecule has 0 unspecified atom stereocenters. The second kappa shape index (κ2) is 35.8. The molecule has 45 heavy (non-hydrogen) atoms. The Balaban J connectivity index is 3.73. The zero-order valence-electron chi connectivity index (χ0n) is 28.8. The fraction of sp³-hybridized carbons (Fsp3) is 0.650. The summed E-state index contributed by atoms with van der Waals surface area (Å²) in [5.74, 6) is -0.677. The molecule has 0 rings (SSSR count). The van der Waals surface area contributed by atoms with Crippen LogP contribution in [0.4, 0.5) is 0 Å². The molecule has 0 amide bonds. The van der Waals surface area contributed by atoms with Gasteiger partial charge in [0, 0.05) is 12.8 Å². The molecule has 1 N–H and O–H groups in total. The van der Waals surface area contributed by atoms with Gasteiger partial charge in [-0.25, -0.2) is 0 Å². The number of carbonyl (C=O) groups excluding carboxylic acids is 2. The summed E-state index contributed by atoms with van der Waals surface area (Å²) in [6.45, 7) is 3.93. The zero-order chi connectivity index (χ0) is 32.9. The van der Waals surface area contributed by atoms with Crippen molar-refractivity contribution < 1.29 is 24.2 Å². The van der Waals surface area contributed by atoms with Crippen LogP contribution < -0.4 is 0 Å². The summed E-state index contributed by atoms with van der Waals surface area (Å²) in [4.78, 5) is 24.2. The maximum Gasteiger partial charge on any atom is 0.306 e. The van der Waals surface area contributed by atoms with Crippen LogP contribution in [0.1, 0.15) is 149 Å². The van der Waals surface area contributed by atoms with Gasteiger partial charge in [0.2, 0.25) is 0 Å². The number of carbonyl (C=O) groups is 2. The molecule has 5 heteroatoms. The molecule has 0 saturated heterocycles. The molecule has 0 spiro atoms. The van der Waals surface area contributed by atoms with Gasteiger partial charge in [-0.3, -0.25) is 9.59 Å². The van der Waals surface area contributed by atoms with Crippen molar-refractivity contribution >= 4 is 11.9 Å². The molecule has 0 aliphatic rings. The fourth-order valence-electron chi connectivity index (χ4n) is 4.52. The lowest BCUT2D eigenvalue weighted by atomic mass is 10.1. The second-order valence-electron chi connectivity index (χ2n) is 11.6. The molecule has 1 atom stereocenters. The molecule has 256 valence electrons. The number of aliphatic hydroxyl groups excluding tert-OH is 1. The molecule has 0 aromatic heterocycles. The van der Waals surface area contributed by atoms with E-state index in [0.717, 1.165) is 64.2 Å². The molecule has 0 aromatic carbocycles. The second-order valence-corrected chi connectivity index (χ2v) is 11.6. The lowest BCUT2D eigenvalue weighted by Gasteiger charge is -2.15. The molecule has 0 fully saturated rings. The Morgan fingerprint density at radius 3 is 1.53 bits per heavy atom. The summed E-state index contributed by atoms with van der Waals surface area (Å²) >= 11 is 0. The summed E-state index contributed by atoms with van der Waals surface area (Å²) in [5, 5.41) is 9.52. The number of hydrogen-bond donors (Lipinski definition) is 1. The number of rotatable bonds is 31. The van der Waals surface area contributed by atoms with E-state index in [2.05, 4.69) is 86.8 Å². The molecule has 0 saturated carbocycles. The Morgan fingerprint density at radius 1 is 0.533 bits per heavy atom. The monoisotopic (exact) mass is 626 g/mol. The minimum Gasteiger partial charge on any atom is -0.462 e. The van der Waals surface area contributed by atoms with Gasteiger partial charge in [-0.05, 0) is 77.0 Å². The maximum absolute atomic E-state index is 12.1. The number of unbranched alkanes of at least 4 members (excludes halogenated alkanes) is 11. The van der Waals surface area contributed by atoms with Crippen LogP contribution in [-0.2, 0) is 19.1 Å². The van der Waals surface area contributed by atoms with Crippen molar-refractivity contribution in [2.45, 2.75) is 155 Å². The first-order valence-corrected chi connectivity index (χ1v) is 18.0. The van der Waals surface area contributed by atoms with Crippen LogP contribution in [0.3, 0.4) is 0 Å². The number of aliphatic hydroxyl groups is 1. The SMILES string of the molecule is CC/C=C\C/C=C\C/C=C\C/C=C\C/C=C\CCCC(=O)O[C@@H](CO)COC(=O)CCCCCCC/C=C\CCCCCCC. The van der Waals surface area contributed by atoms with Crippen LogP contribution in [0.2, 0.25) is 0 Å². The van der Waals surface area contributed by atoms with Crippen molar-refractivity contribution in [3.8, 4) is 0 Å². The summed E-state index contributed by atoms with van der Waals surface area (Å²) in [6.07, 6.45) is 46.7. The van der Waals surface area contributed by atoms with Gasteiger partial charge in [0.15, 0.2) is 6.10 Å². The standard InChI is InChI=1S/C40H66O5/c1-3-5-7-9-11-13-15-17-19-20-21-23-25-27-29-31-33-35-40(43)45-38(36-41)37-44-39(42)34-32-30-28-26-24-22-18-16-14-12-10-8-6-4-2/h5,7,11,13,16-19,21,23,27,29,38,41H,3-4,6,8-10,12,14-15,20,22,24-26,28,30-37H2,1-2H3/b7-5-,13-11-,18-16-,19-17-,23-21-,29-27-/t38-/m0/s1. The predicted molar refractivity (Wildman–Crippen MR) is 191 cm³/mol. The maximum atomic E-state index is 12.1. The van der Waals surface area contributed by atoms with E-state index in [1.165, 1.54) is 51.4 Å². The third-order valence-corrected chi connectivity index (χ3v) is 7.23. The molecule has 0 bridgehead atoms. The van der Waals surface area contributed by atoms with Crippen LogP contribution in [0.5, 0.6) is 0 Å². The van der Waals surface area contributed by atoms with Crippen LogP contribution >= 0.6 is 0 Å². The van der Waals surface area contributed by atoms with Crippen molar-refractivity contribution in [1.82, 2.24) is 0 Å². The van der Waals surface area contributed by atoms with Crippen LogP contribution in [-0.4, -0.2) is 36.4 Å². The van der Waals surface area contributed by atoms with Gasteiger partial charge in [0.05, 0.1) is 6.61 Å². The molecule has 0 aliphatic heterocycles. The quantitative estimate of drug-likeness (QED) is 0.0471. The van der Waals surface area contributed by atoms with E-state index >= 15 is 0 Å². The lowest BCUT2D eigenvalue weighted by molar-refractivity contribution is -0.161. The Kier molecular flexibility index (Phi) is 33.7. The summed E-state index contributed by atoms with van der Waals surface area (Å²) in [7, 11) is 0. The Labute approximate surface area is 276 Å². The van der Waals surface area contributed by atoms with Crippen molar-refractivity contribution in [3.63, 3.8) is 0 Å². The van der Waals surface area contributed by atoms with Crippen LogP contribution in [0.25, 0.3) is 0 Å². The summed E-state index contributed by atoms with van der Waals surface area (Å²) < 4.78 is 10.5. The number of hydrogen-bond acceptors (Lipinski definition) is 5. The molecular weight excluding hydrogens is 560 g/mol. The van der Waals surface area contributed by atoms with Crippen molar-refractivity contribution in [1.29, 1.82) is 0 Å². The van der Waals surface area contributed by atoms with E-state index in [1.54, 1.807) is 0 Å². The molecule has 0 aromatic rings. The molecule has 0 aliphatic carbocycles. The molecule has 0 heterocycles. The predicted octanol–water partition coefficient (Wildman–Crippen LogP) is 11.0. The Hall–Kier alpha value is -2.66. The zero-order valence-corrected chi connectivity index (χ0v) is 28.8. The highest BCUT2D eigenvalue weighted by Gasteiger charge is 2.15. The topological polar surface area (TPSA) is 72.8 Å². The summed E-state index contributed by atoms with van der Waals surface area (Å²) in [6, 6.07) is 0. The highest BCUT2D eigenvalue weighted by atomic mass is 16.6. The highest BCUT2D eigenvalue weighted by Crippen LogP contribution is 2.10. The molecular formula is C40H66O5. The largest absolute Gasteiger partial charge is 0.462 e. The van der Waals surface area contributed by atoms with Gasteiger partial charge >= 0.3 is 11.9 Å². The first-order chi connectivity index (χ1) is 22.1. The summed E-state index contributed by atoms with van der Waals surface area (Å²) in [5.41, 5.74) is 0. The van der Waals surface area contributed by atoms with Crippen LogP contribution in [0, 0.1) is 0 Å². The average molecular weight is 627 g/mol. The smallest absolute Gasteiger partial charge is 0.306 e. The van der Waals surface area contributed by atoms with Crippen molar-refractivity contribution in [2.75, 3.05) is 13.2 Å². The number of ether oxygens (including phenoxy) is 2. The van der Waals surface area contributed by atoms with Crippen molar-refractivity contribution in [3.05, 3.63) is 72.9 Å². The number of esters is 2. The normalized spacial score (nSPS) is 13.0. The van der Waals surface area contributed by atoms with Gasteiger partial charge in [0.1, 0.15) is 6.61 Å². The number of allylic oxidation sites excluding steroid dienone is 12. The van der Waals surface area contributed by atoms with Crippen molar-refractivity contribution in [2.24, 2.45) is 0 Å². The van der Waals surface area contributed by atoms with Crippen LogP contribution in [0.15, 0.2) is 72.9 Å². The molecule has 5 nitrogen and oxygen atoms in total. The average Bonchev–Trinajstić information content (AvgIpc) is 3.04. The van der Waals surface area contributed by atoms with E-state index in [-0.39, 0.29) is 31.6 Å². The van der Waals surface area contributed by atoms with E-state index < -0.39 is 6.10 Å². The highest BCUT2D eigenvalue weighted by molar-refractivity contribution is 5.70. The van der Waals surface area contributed by atoms with Gasteiger partial charge in [-0.1, -0.05) is 132 Å². The third kappa shape index (κ3) is 34.1. The van der Waals surface area contributed by atoms with Gasteiger partial charge < -0.3 is 14.6 Å². The minimum absolute atomic E-state index is 0.0964. The first kappa shape index (κ1) is 42.3. The molecule has 0 radical (unpaired) electrons. The van der Waals surface area contributed by atoms with E-state index in [0.29, 0.717) is 12.8 Å². The van der Waals surface area contributed by atoms with Gasteiger partial charge in [-0.15, -0.1) is 0 Å². The fourth-order valence-corrected chi connectivity index (χ4v) is 4.52. The Bertz CT molecular complexity index is 849. The van der Waals surface area contributed by atoms with E-state index in [1.807, 2.05) is 0 Å². The van der Waals surface area contributed by atoms with E-state index in [4.69, 9.17) is 9.47 Å². The first-order valence-electron chi connectivity index (χ1n) is 18.0. The van der Waals surface area contributed by atoms with Gasteiger partial charge in [-0.2, -0.15) is 0 Å². The lowest BCUT2D eigenvalue weighted by Crippen LogP contribution is -2.28.